The molecule has 0 fully saturated rings. The second-order valence-electron chi connectivity index (χ2n) is 5.73. The van der Waals surface area contributed by atoms with Crippen LogP contribution in [0.2, 0.25) is 0 Å². The van der Waals surface area contributed by atoms with Gasteiger partial charge in [0.15, 0.2) is 0 Å². The largest absolute Gasteiger partial charge is 0.488 e. The summed E-state index contributed by atoms with van der Waals surface area (Å²) in [4.78, 5) is 0. The Bertz CT molecular complexity index is 848. The van der Waals surface area contributed by atoms with Crippen LogP contribution >= 0.6 is 0 Å². The zero-order chi connectivity index (χ0) is 16.2. The van der Waals surface area contributed by atoms with E-state index in [-0.39, 0.29) is 0 Å². The molecule has 3 aromatic rings. The smallest absolute Gasteiger partial charge is 0.129 e. The third kappa shape index (κ3) is 3.34. The Kier molecular flexibility index (Phi) is 4.29. The van der Waals surface area contributed by atoms with E-state index in [0.29, 0.717) is 12.4 Å². The van der Waals surface area contributed by atoms with E-state index in [1.54, 1.807) is 0 Å². The molecule has 3 nitrogen and oxygen atoms in total. The second kappa shape index (κ2) is 6.53. The average Bonchev–Trinajstić information content (AvgIpc) is 2.53. The first-order chi connectivity index (χ1) is 11.2. The molecule has 0 aromatic heterocycles. The normalized spacial score (nSPS) is 11.2. The lowest BCUT2D eigenvalue weighted by molar-refractivity contribution is 0.304. The average molecular weight is 305 g/mol. The molecule has 3 aromatic carbocycles. The maximum atomic E-state index is 8.98. The number of hydrogen-bond acceptors (Lipinski definition) is 3. The highest BCUT2D eigenvalue weighted by Crippen LogP contribution is 2.27. The van der Waals surface area contributed by atoms with Crippen LogP contribution in [0.4, 0.5) is 0 Å². The standard InChI is InChI=1S/C20H19NO2/c1-14-9-15(2)11-16(10-14)13-23-20-8-7-17-5-3-4-6-18(17)19(20)12-21-22/h3-12,22H,13H2,1-2H3/b21-12-. The number of hydrogen-bond donors (Lipinski definition) is 1. The summed E-state index contributed by atoms with van der Waals surface area (Å²) in [7, 11) is 0. The highest BCUT2D eigenvalue weighted by atomic mass is 16.5. The third-order valence-electron chi connectivity index (χ3n) is 3.79. The molecule has 3 heteroatoms. The van der Waals surface area contributed by atoms with Gasteiger partial charge in [0.25, 0.3) is 0 Å². The maximum Gasteiger partial charge on any atom is 0.129 e. The van der Waals surface area contributed by atoms with Gasteiger partial charge in [-0.1, -0.05) is 64.8 Å². The van der Waals surface area contributed by atoms with Gasteiger partial charge >= 0.3 is 0 Å². The Balaban J connectivity index is 1.94. The molecule has 0 bridgehead atoms. The molecule has 0 saturated carbocycles. The van der Waals surface area contributed by atoms with Crippen molar-refractivity contribution in [2.75, 3.05) is 0 Å². The predicted molar refractivity (Wildman–Crippen MR) is 93.6 cm³/mol. The fourth-order valence-electron chi connectivity index (χ4n) is 2.91. The van der Waals surface area contributed by atoms with Crippen LogP contribution in [-0.4, -0.2) is 11.4 Å². The van der Waals surface area contributed by atoms with Crippen molar-refractivity contribution < 1.29 is 9.94 Å². The van der Waals surface area contributed by atoms with Gasteiger partial charge in [-0.25, -0.2) is 0 Å². The van der Waals surface area contributed by atoms with Crippen molar-refractivity contribution in [1.82, 2.24) is 0 Å². The number of aryl methyl sites for hydroxylation is 2. The van der Waals surface area contributed by atoms with Crippen LogP contribution in [0.3, 0.4) is 0 Å². The topological polar surface area (TPSA) is 41.8 Å². The minimum absolute atomic E-state index is 0.479. The molecule has 0 aliphatic heterocycles. The van der Waals surface area contributed by atoms with Crippen molar-refractivity contribution in [2.45, 2.75) is 20.5 Å². The summed E-state index contributed by atoms with van der Waals surface area (Å²) in [6, 6.07) is 18.3. The maximum absolute atomic E-state index is 8.98. The summed E-state index contributed by atoms with van der Waals surface area (Å²) in [6.45, 7) is 4.64. The van der Waals surface area contributed by atoms with E-state index < -0.39 is 0 Å². The molecule has 0 spiro atoms. The van der Waals surface area contributed by atoms with Crippen LogP contribution in [0, 0.1) is 13.8 Å². The van der Waals surface area contributed by atoms with Crippen molar-refractivity contribution >= 4 is 17.0 Å². The predicted octanol–water partition coefficient (Wildman–Crippen LogP) is 4.84. The van der Waals surface area contributed by atoms with Crippen LogP contribution < -0.4 is 4.74 Å². The fraction of sp³-hybridized carbons (Fsp3) is 0.150. The summed E-state index contributed by atoms with van der Waals surface area (Å²) in [6.07, 6.45) is 1.43. The lowest BCUT2D eigenvalue weighted by atomic mass is 10.0. The molecular formula is C20H19NO2. The Labute approximate surface area is 135 Å². The van der Waals surface area contributed by atoms with Crippen molar-refractivity contribution in [2.24, 2.45) is 5.16 Å². The first-order valence-corrected chi connectivity index (χ1v) is 7.56. The van der Waals surface area contributed by atoms with Gasteiger partial charge in [0.2, 0.25) is 0 Å². The number of ether oxygens (including phenoxy) is 1. The van der Waals surface area contributed by atoms with Crippen molar-refractivity contribution in [3.8, 4) is 5.75 Å². The zero-order valence-electron chi connectivity index (χ0n) is 13.3. The van der Waals surface area contributed by atoms with E-state index in [4.69, 9.17) is 9.94 Å². The first-order valence-electron chi connectivity index (χ1n) is 7.56. The molecule has 0 radical (unpaired) electrons. The minimum Gasteiger partial charge on any atom is -0.488 e. The molecule has 0 unspecified atom stereocenters. The van der Waals surface area contributed by atoms with E-state index in [9.17, 15) is 0 Å². The van der Waals surface area contributed by atoms with Gasteiger partial charge in [-0.3, -0.25) is 0 Å². The Hall–Kier alpha value is -2.81. The molecule has 1 N–H and O–H groups in total. The van der Waals surface area contributed by atoms with E-state index in [2.05, 4.69) is 37.2 Å². The van der Waals surface area contributed by atoms with Crippen LogP contribution in [0.25, 0.3) is 10.8 Å². The molecule has 0 aliphatic rings. The third-order valence-corrected chi connectivity index (χ3v) is 3.79. The molecule has 0 atom stereocenters. The Morgan fingerprint density at radius 1 is 1.00 bits per heavy atom. The minimum atomic E-state index is 0.479. The van der Waals surface area contributed by atoms with E-state index >= 15 is 0 Å². The van der Waals surface area contributed by atoms with Crippen LogP contribution in [0.15, 0.2) is 59.8 Å². The number of rotatable bonds is 4. The summed E-state index contributed by atoms with van der Waals surface area (Å²) in [5.74, 6) is 0.709. The fourth-order valence-corrected chi connectivity index (χ4v) is 2.91. The SMILES string of the molecule is Cc1cc(C)cc(COc2ccc3ccccc3c2/C=N\O)c1. The van der Waals surface area contributed by atoms with Gasteiger partial charge in [0.1, 0.15) is 12.4 Å². The number of nitrogens with zero attached hydrogens (tertiary/aromatic N) is 1. The first kappa shape index (κ1) is 15.1. The Morgan fingerprint density at radius 2 is 1.74 bits per heavy atom. The molecule has 23 heavy (non-hydrogen) atoms. The monoisotopic (exact) mass is 305 g/mol. The van der Waals surface area contributed by atoms with Crippen molar-refractivity contribution in [3.63, 3.8) is 0 Å². The molecule has 0 amide bonds. The van der Waals surface area contributed by atoms with Crippen LogP contribution in [-0.2, 0) is 6.61 Å². The van der Waals surface area contributed by atoms with Gasteiger partial charge in [0.05, 0.1) is 6.21 Å². The number of benzene rings is 3. The molecule has 0 aliphatic carbocycles. The van der Waals surface area contributed by atoms with Crippen LogP contribution in [0.1, 0.15) is 22.3 Å². The molecule has 0 saturated heterocycles. The van der Waals surface area contributed by atoms with Gasteiger partial charge in [0, 0.05) is 5.56 Å². The van der Waals surface area contributed by atoms with Crippen molar-refractivity contribution in [1.29, 1.82) is 0 Å². The summed E-state index contributed by atoms with van der Waals surface area (Å²) in [5.41, 5.74) is 4.36. The Morgan fingerprint density at radius 3 is 2.48 bits per heavy atom. The highest BCUT2D eigenvalue weighted by molar-refractivity contribution is 6.02. The highest BCUT2D eigenvalue weighted by Gasteiger charge is 2.08. The van der Waals surface area contributed by atoms with E-state index in [1.165, 1.54) is 17.3 Å². The molecule has 0 heterocycles. The second-order valence-corrected chi connectivity index (χ2v) is 5.73. The molecular weight excluding hydrogens is 286 g/mol. The van der Waals surface area contributed by atoms with Gasteiger partial charge in [-0.15, -0.1) is 0 Å². The van der Waals surface area contributed by atoms with Crippen molar-refractivity contribution in [3.05, 3.63) is 76.9 Å². The summed E-state index contributed by atoms with van der Waals surface area (Å²) < 4.78 is 5.99. The van der Waals surface area contributed by atoms with E-state index in [0.717, 1.165) is 21.9 Å². The van der Waals surface area contributed by atoms with Gasteiger partial charge in [-0.05, 0) is 36.2 Å². The lowest BCUT2D eigenvalue weighted by Gasteiger charge is -2.12. The molecule has 3 rings (SSSR count). The molecule has 116 valence electrons. The van der Waals surface area contributed by atoms with E-state index in [1.807, 2.05) is 36.4 Å². The zero-order valence-corrected chi connectivity index (χ0v) is 13.3. The number of fused-ring (bicyclic) bond motifs is 1. The number of oxime groups is 1. The lowest BCUT2D eigenvalue weighted by Crippen LogP contribution is -2.00. The van der Waals surface area contributed by atoms with Gasteiger partial charge in [-0.2, -0.15) is 0 Å². The van der Waals surface area contributed by atoms with Crippen LogP contribution in [0.5, 0.6) is 5.75 Å². The summed E-state index contributed by atoms with van der Waals surface area (Å²) >= 11 is 0. The quantitative estimate of drug-likeness (QED) is 0.425. The van der Waals surface area contributed by atoms with Gasteiger partial charge < -0.3 is 9.94 Å². The summed E-state index contributed by atoms with van der Waals surface area (Å²) in [5, 5.41) is 14.3.